The molecule has 0 saturated heterocycles. The minimum atomic E-state index is -1.03. The van der Waals surface area contributed by atoms with E-state index in [0.29, 0.717) is 15.7 Å². The van der Waals surface area contributed by atoms with Gasteiger partial charge in [-0.2, -0.15) is 11.3 Å². The topological polar surface area (TPSA) is 66.4 Å². The third-order valence-electron chi connectivity index (χ3n) is 2.56. The highest BCUT2D eigenvalue weighted by Gasteiger charge is 2.13. The summed E-state index contributed by atoms with van der Waals surface area (Å²) in [5, 5.41) is 15.3. The summed E-state index contributed by atoms with van der Waals surface area (Å²) in [4.78, 5) is 23.0. The molecule has 0 atom stereocenters. The van der Waals surface area contributed by atoms with Gasteiger partial charge in [0.25, 0.3) is 5.91 Å². The first-order chi connectivity index (χ1) is 8.99. The zero-order valence-corrected chi connectivity index (χ0v) is 12.3. The SMILES string of the molecule is Cc1cscc1C(=O)Nc1cc(C(=O)O)ccc1Br. The molecule has 1 aromatic heterocycles. The number of thiophene rings is 1. The highest BCUT2D eigenvalue weighted by atomic mass is 79.9. The van der Waals surface area contributed by atoms with Crippen LogP contribution in [0.25, 0.3) is 0 Å². The summed E-state index contributed by atoms with van der Waals surface area (Å²) in [5.41, 5.74) is 2.06. The lowest BCUT2D eigenvalue weighted by Gasteiger charge is -2.08. The van der Waals surface area contributed by atoms with Crippen LogP contribution in [-0.2, 0) is 0 Å². The van der Waals surface area contributed by atoms with Gasteiger partial charge in [-0.25, -0.2) is 4.79 Å². The van der Waals surface area contributed by atoms with Crippen LogP contribution in [0.2, 0.25) is 0 Å². The highest BCUT2D eigenvalue weighted by molar-refractivity contribution is 9.10. The van der Waals surface area contributed by atoms with Crippen LogP contribution in [0.4, 0.5) is 5.69 Å². The number of hydrogen-bond acceptors (Lipinski definition) is 3. The molecule has 0 aliphatic carbocycles. The van der Waals surface area contributed by atoms with Gasteiger partial charge >= 0.3 is 5.97 Å². The van der Waals surface area contributed by atoms with Crippen LogP contribution >= 0.6 is 27.3 Å². The van der Waals surface area contributed by atoms with Crippen molar-refractivity contribution in [1.82, 2.24) is 0 Å². The first kappa shape index (κ1) is 13.8. The second-order valence-corrected chi connectivity index (χ2v) is 5.52. The Hall–Kier alpha value is -1.66. The van der Waals surface area contributed by atoms with Crippen LogP contribution in [0.5, 0.6) is 0 Å². The summed E-state index contributed by atoms with van der Waals surface area (Å²) >= 11 is 4.74. The zero-order valence-electron chi connectivity index (χ0n) is 9.94. The van der Waals surface area contributed by atoms with Gasteiger partial charge in [-0.1, -0.05) is 0 Å². The lowest BCUT2D eigenvalue weighted by Crippen LogP contribution is -2.13. The average molecular weight is 340 g/mol. The minimum absolute atomic E-state index is 0.126. The lowest BCUT2D eigenvalue weighted by molar-refractivity contribution is 0.0696. The number of carboxylic acid groups (broad SMARTS) is 1. The van der Waals surface area contributed by atoms with E-state index in [1.165, 1.54) is 23.5 Å². The van der Waals surface area contributed by atoms with Crippen LogP contribution in [0, 0.1) is 6.92 Å². The molecule has 1 amide bonds. The fourth-order valence-corrected chi connectivity index (χ4v) is 2.71. The molecule has 0 radical (unpaired) electrons. The maximum atomic E-state index is 12.1. The van der Waals surface area contributed by atoms with Crippen molar-refractivity contribution in [2.75, 3.05) is 5.32 Å². The molecule has 0 aliphatic rings. The second kappa shape index (κ2) is 5.54. The number of carboxylic acids is 1. The molecule has 2 N–H and O–H groups in total. The van der Waals surface area contributed by atoms with Crippen LogP contribution in [0.15, 0.2) is 33.4 Å². The number of anilines is 1. The zero-order chi connectivity index (χ0) is 14.0. The molecular formula is C13H10BrNO3S. The molecule has 2 rings (SSSR count). The summed E-state index contributed by atoms with van der Waals surface area (Å²) in [6, 6.07) is 4.49. The first-order valence-corrected chi connectivity index (χ1v) is 7.09. The number of halogens is 1. The van der Waals surface area contributed by atoms with Crippen LogP contribution in [0.3, 0.4) is 0 Å². The second-order valence-electron chi connectivity index (χ2n) is 3.92. The van der Waals surface area contributed by atoms with Crippen molar-refractivity contribution in [3.05, 3.63) is 50.1 Å². The van der Waals surface area contributed by atoms with E-state index < -0.39 is 5.97 Å². The number of amides is 1. The van der Waals surface area contributed by atoms with Crippen molar-refractivity contribution in [2.45, 2.75) is 6.92 Å². The average Bonchev–Trinajstić information content (AvgIpc) is 2.78. The van der Waals surface area contributed by atoms with Gasteiger partial charge in [-0.3, -0.25) is 4.79 Å². The van der Waals surface area contributed by atoms with Gasteiger partial charge in [-0.15, -0.1) is 0 Å². The van der Waals surface area contributed by atoms with Gasteiger partial charge in [0.1, 0.15) is 0 Å². The highest BCUT2D eigenvalue weighted by Crippen LogP contribution is 2.25. The van der Waals surface area contributed by atoms with E-state index in [-0.39, 0.29) is 11.5 Å². The van der Waals surface area contributed by atoms with Gasteiger partial charge in [0.15, 0.2) is 0 Å². The van der Waals surface area contributed by atoms with E-state index in [4.69, 9.17) is 5.11 Å². The Kier molecular flexibility index (Phi) is 4.01. The first-order valence-electron chi connectivity index (χ1n) is 5.36. The number of carbonyl (C=O) groups excluding carboxylic acids is 1. The molecular weight excluding hydrogens is 330 g/mol. The predicted molar refractivity (Wildman–Crippen MR) is 78.1 cm³/mol. The fourth-order valence-electron chi connectivity index (χ4n) is 1.54. The molecule has 6 heteroatoms. The van der Waals surface area contributed by atoms with Gasteiger partial charge in [0.05, 0.1) is 16.8 Å². The monoisotopic (exact) mass is 339 g/mol. The Balaban J connectivity index is 2.28. The summed E-state index contributed by atoms with van der Waals surface area (Å²) in [6.45, 7) is 1.86. The number of nitrogens with one attached hydrogen (secondary N) is 1. The van der Waals surface area contributed by atoms with E-state index in [0.717, 1.165) is 5.56 Å². The number of benzene rings is 1. The van der Waals surface area contributed by atoms with Gasteiger partial charge in [0.2, 0.25) is 0 Å². The maximum Gasteiger partial charge on any atom is 0.335 e. The Morgan fingerprint density at radius 3 is 2.63 bits per heavy atom. The Morgan fingerprint density at radius 2 is 2.05 bits per heavy atom. The molecule has 2 aromatic rings. The van der Waals surface area contributed by atoms with Gasteiger partial charge < -0.3 is 10.4 Å². The van der Waals surface area contributed by atoms with Crippen LogP contribution in [0.1, 0.15) is 26.3 Å². The third kappa shape index (κ3) is 3.02. The van der Waals surface area contributed by atoms with Crippen molar-refractivity contribution < 1.29 is 14.7 Å². The summed E-state index contributed by atoms with van der Waals surface area (Å²) < 4.78 is 0.638. The Bertz CT molecular complexity index is 651. The smallest absolute Gasteiger partial charge is 0.335 e. The molecule has 1 aromatic carbocycles. The number of aryl methyl sites for hydroxylation is 1. The lowest BCUT2D eigenvalue weighted by atomic mass is 10.2. The fraction of sp³-hybridized carbons (Fsp3) is 0.0769. The summed E-state index contributed by atoms with van der Waals surface area (Å²) in [5.74, 6) is -1.28. The van der Waals surface area contributed by atoms with Crippen molar-refractivity contribution >= 4 is 44.8 Å². The van der Waals surface area contributed by atoms with Crippen molar-refractivity contribution in [3.8, 4) is 0 Å². The number of carbonyl (C=O) groups is 2. The molecule has 0 bridgehead atoms. The molecule has 0 fully saturated rings. The summed E-state index contributed by atoms with van der Waals surface area (Å²) in [6.07, 6.45) is 0. The predicted octanol–water partition coefficient (Wildman–Crippen LogP) is 3.77. The van der Waals surface area contributed by atoms with E-state index in [9.17, 15) is 9.59 Å². The molecule has 0 spiro atoms. The standard InChI is InChI=1S/C13H10BrNO3S/c1-7-5-19-6-9(7)12(16)15-11-4-8(13(17)18)2-3-10(11)14/h2-6H,1H3,(H,15,16)(H,17,18). The molecule has 0 saturated carbocycles. The normalized spacial score (nSPS) is 10.2. The van der Waals surface area contributed by atoms with Crippen molar-refractivity contribution in [2.24, 2.45) is 0 Å². The molecule has 4 nitrogen and oxygen atoms in total. The number of aromatic carboxylic acids is 1. The van der Waals surface area contributed by atoms with Gasteiger partial charge in [0, 0.05) is 9.85 Å². The Morgan fingerprint density at radius 1 is 1.32 bits per heavy atom. The Labute approximate surface area is 122 Å². The quantitative estimate of drug-likeness (QED) is 0.894. The van der Waals surface area contributed by atoms with Crippen molar-refractivity contribution in [3.63, 3.8) is 0 Å². The maximum absolute atomic E-state index is 12.1. The van der Waals surface area contributed by atoms with Crippen LogP contribution in [-0.4, -0.2) is 17.0 Å². The molecule has 19 heavy (non-hydrogen) atoms. The third-order valence-corrected chi connectivity index (χ3v) is 4.11. The van der Waals surface area contributed by atoms with Crippen molar-refractivity contribution in [1.29, 1.82) is 0 Å². The largest absolute Gasteiger partial charge is 0.478 e. The molecule has 98 valence electrons. The number of rotatable bonds is 3. The number of hydrogen-bond donors (Lipinski definition) is 2. The summed E-state index contributed by atoms with van der Waals surface area (Å²) in [7, 11) is 0. The van der Waals surface area contributed by atoms with E-state index in [2.05, 4.69) is 21.2 Å². The molecule has 1 heterocycles. The van der Waals surface area contributed by atoms with E-state index in [1.54, 1.807) is 11.4 Å². The molecule has 0 aliphatic heterocycles. The van der Waals surface area contributed by atoms with Crippen LogP contribution < -0.4 is 5.32 Å². The van der Waals surface area contributed by atoms with E-state index >= 15 is 0 Å². The molecule has 0 unspecified atom stereocenters. The minimum Gasteiger partial charge on any atom is -0.478 e. The van der Waals surface area contributed by atoms with Gasteiger partial charge in [-0.05, 0) is 52.0 Å². The van der Waals surface area contributed by atoms with E-state index in [1.807, 2.05) is 12.3 Å².